The molecule has 66 heavy (non-hydrogen) atoms. The SMILES string of the molecule is C1=CC2CCC1C2.C1=CCC=CC1.C1=CCCC1.C1=CCCC=C1.C1=CCCCC1.C1CC2CC12.C1CC2CC2C1.C1CC2CCC1C2.C1CCCC1.C1CCCCC1.C1CCCCCC1. The molecule has 0 saturated heterocycles. The summed E-state index contributed by atoms with van der Waals surface area (Å²) in [5.41, 5.74) is 0. The number of hydrogen-bond acceptors (Lipinski definition) is 0. The molecule has 374 valence electrons. The van der Waals surface area contributed by atoms with Crippen molar-refractivity contribution >= 4 is 0 Å². The molecule has 0 heteroatoms. The highest BCUT2D eigenvalue weighted by atomic mass is 14.5. The van der Waals surface area contributed by atoms with Crippen molar-refractivity contribution in [1.82, 2.24) is 0 Å². The first kappa shape index (κ1) is 55.1. The highest BCUT2D eigenvalue weighted by Gasteiger charge is 2.44. The monoisotopic (exact) mass is 903 g/mol. The van der Waals surface area contributed by atoms with Crippen LogP contribution < -0.4 is 0 Å². The maximum Gasteiger partial charge on any atom is -0.0169 e. The minimum absolute atomic E-state index is 0.991. The Balaban J connectivity index is 0.000000136. The van der Waals surface area contributed by atoms with Crippen LogP contribution in [-0.4, -0.2) is 0 Å². The van der Waals surface area contributed by atoms with E-state index in [1.54, 1.807) is 70.6 Å². The van der Waals surface area contributed by atoms with Crippen molar-refractivity contribution in [3.63, 3.8) is 0 Å². The summed E-state index contributed by atoms with van der Waals surface area (Å²) >= 11 is 0. The molecule has 0 aromatic heterocycles. The fourth-order valence-electron chi connectivity index (χ4n) is 12.3. The van der Waals surface area contributed by atoms with Gasteiger partial charge in [-0.1, -0.05) is 246 Å². The third-order valence-corrected chi connectivity index (χ3v) is 17.3. The Morgan fingerprint density at radius 2 is 0.545 bits per heavy atom. The molecule has 0 aromatic carbocycles. The smallest absolute Gasteiger partial charge is 0.0169 e. The second-order valence-electron chi connectivity index (χ2n) is 23.2. The van der Waals surface area contributed by atoms with Gasteiger partial charge in [0.05, 0.1) is 0 Å². The van der Waals surface area contributed by atoms with Gasteiger partial charge in [-0.15, -0.1) is 0 Å². The Hall–Kier alpha value is -1.82. The Bertz CT molecular complexity index is 1200. The summed E-state index contributed by atoms with van der Waals surface area (Å²) in [6.07, 6.45) is 95.5. The summed E-state index contributed by atoms with van der Waals surface area (Å²) < 4.78 is 0. The van der Waals surface area contributed by atoms with Crippen molar-refractivity contribution < 1.29 is 0 Å². The summed E-state index contributed by atoms with van der Waals surface area (Å²) in [6, 6.07) is 0. The lowest BCUT2D eigenvalue weighted by Crippen LogP contribution is -1.93. The van der Waals surface area contributed by atoms with Crippen LogP contribution in [0.5, 0.6) is 0 Å². The predicted octanol–water partition coefficient (Wildman–Crippen LogP) is 22.0. The minimum Gasteiger partial charge on any atom is -0.0885 e. The van der Waals surface area contributed by atoms with Crippen LogP contribution in [0.1, 0.15) is 283 Å². The first-order valence-electron chi connectivity index (χ1n) is 30.4. The van der Waals surface area contributed by atoms with Gasteiger partial charge in [-0.3, -0.25) is 0 Å². The van der Waals surface area contributed by atoms with Crippen LogP contribution in [0, 0.1) is 47.3 Å². The molecule has 0 N–H and O–H groups in total. The molecule has 0 radical (unpaired) electrons. The van der Waals surface area contributed by atoms with Crippen LogP contribution in [0.15, 0.2) is 85.1 Å². The number of allylic oxidation sites excluding steroid dienone is 14. The molecule has 0 nitrogen and oxygen atoms in total. The van der Waals surface area contributed by atoms with E-state index in [4.69, 9.17) is 0 Å². The van der Waals surface area contributed by atoms with E-state index in [1.165, 1.54) is 235 Å². The highest BCUT2D eigenvalue weighted by molar-refractivity contribution is 5.07. The molecule has 15 aliphatic carbocycles. The molecule has 6 unspecified atom stereocenters. The normalized spacial score (nSPS) is 32.5. The van der Waals surface area contributed by atoms with Crippen LogP contribution in [0.3, 0.4) is 0 Å². The minimum atomic E-state index is 0.991. The molecule has 15 aliphatic rings. The molecule has 4 bridgehead atoms. The average molecular weight is 904 g/mol. The van der Waals surface area contributed by atoms with Crippen molar-refractivity contribution in [2.45, 2.75) is 283 Å². The summed E-state index contributed by atoms with van der Waals surface area (Å²) in [6.45, 7) is 0. The molecule has 0 spiro atoms. The molecule has 0 amide bonds. The fourth-order valence-corrected chi connectivity index (χ4v) is 12.3. The van der Waals surface area contributed by atoms with Gasteiger partial charge in [0, 0.05) is 0 Å². The molecule has 0 heterocycles. The summed E-state index contributed by atoms with van der Waals surface area (Å²) in [4.78, 5) is 0. The van der Waals surface area contributed by atoms with E-state index in [0.717, 1.165) is 24.7 Å². The van der Waals surface area contributed by atoms with Crippen LogP contribution in [0.4, 0.5) is 0 Å². The zero-order chi connectivity index (χ0) is 45.6. The molecular formula is C66H110. The lowest BCUT2D eigenvalue weighted by Gasteiger charge is -2.05. The van der Waals surface area contributed by atoms with Gasteiger partial charge in [-0.25, -0.2) is 0 Å². The Morgan fingerprint density at radius 3 is 0.667 bits per heavy atom. The largest absolute Gasteiger partial charge is 0.0885 e. The second kappa shape index (κ2) is 38.0. The predicted molar refractivity (Wildman–Crippen MR) is 295 cm³/mol. The van der Waals surface area contributed by atoms with E-state index in [1.807, 2.05) is 0 Å². The maximum atomic E-state index is 2.38. The Labute approximate surface area is 413 Å². The van der Waals surface area contributed by atoms with Crippen LogP contribution in [-0.2, 0) is 0 Å². The Morgan fingerprint density at radius 1 is 0.212 bits per heavy atom. The van der Waals surface area contributed by atoms with E-state index >= 15 is 0 Å². The van der Waals surface area contributed by atoms with Gasteiger partial charge in [0.15, 0.2) is 0 Å². The lowest BCUT2D eigenvalue weighted by atomic mass is 10.0. The molecular weight excluding hydrogens is 793 g/mol. The van der Waals surface area contributed by atoms with Gasteiger partial charge in [-0.05, 0) is 169 Å². The van der Waals surface area contributed by atoms with Crippen molar-refractivity contribution in [2.24, 2.45) is 47.3 Å². The molecule has 10 fully saturated rings. The van der Waals surface area contributed by atoms with Gasteiger partial charge in [0.2, 0.25) is 0 Å². The molecule has 0 aromatic rings. The third-order valence-electron chi connectivity index (χ3n) is 17.3. The van der Waals surface area contributed by atoms with Crippen molar-refractivity contribution in [1.29, 1.82) is 0 Å². The highest BCUT2D eigenvalue weighted by Crippen LogP contribution is 2.55. The number of rotatable bonds is 0. The van der Waals surface area contributed by atoms with E-state index in [-0.39, 0.29) is 0 Å². The summed E-state index contributed by atoms with van der Waals surface area (Å²) in [5.74, 6) is 9.21. The fraction of sp³-hybridized carbons (Fsp3) is 0.788. The van der Waals surface area contributed by atoms with Gasteiger partial charge in [0.1, 0.15) is 0 Å². The quantitative estimate of drug-likeness (QED) is 0.168. The van der Waals surface area contributed by atoms with E-state index < -0.39 is 0 Å². The molecule has 6 atom stereocenters. The van der Waals surface area contributed by atoms with Crippen LogP contribution in [0.25, 0.3) is 0 Å². The number of hydrogen-bond donors (Lipinski definition) is 0. The van der Waals surface area contributed by atoms with Gasteiger partial charge in [0.25, 0.3) is 0 Å². The topological polar surface area (TPSA) is 0 Å². The molecule has 0 aliphatic heterocycles. The van der Waals surface area contributed by atoms with Crippen LogP contribution in [0.2, 0.25) is 0 Å². The number of fused-ring (bicyclic) bond motifs is 6. The van der Waals surface area contributed by atoms with Gasteiger partial charge in [-0.2, -0.15) is 0 Å². The summed E-state index contributed by atoms with van der Waals surface area (Å²) in [5, 5.41) is 0. The Kier molecular flexibility index (Phi) is 31.7. The molecule has 15 rings (SSSR count). The van der Waals surface area contributed by atoms with Crippen molar-refractivity contribution in [2.75, 3.05) is 0 Å². The van der Waals surface area contributed by atoms with Gasteiger partial charge < -0.3 is 0 Å². The van der Waals surface area contributed by atoms with Crippen molar-refractivity contribution in [3.05, 3.63) is 85.1 Å². The first-order valence-corrected chi connectivity index (χ1v) is 30.4. The van der Waals surface area contributed by atoms with E-state index in [9.17, 15) is 0 Å². The third kappa shape index (κ3) is 28.6. The second-order valence-corrected chi connectivity index (χ2v) is 23.2. The maximum absolute atomic E-state index is 2.38. The van der Waals surface area contributed by atoms with Gasteiger partial charge >= 0.3 is 0 Å². The van der Waals surface area contributed by atoms with E-state index in [0.29, 0.717) is 0 Å². The zero-order valence-corrected chi connectivity index (χ0v) is 43.8. The average Bonchev–Trinajstić information content (AvgIpc) is 4.15. The summed E-state index contributed by atoms with van der Waals surface area (Å²) in [7, 11) is 0. The van der Waals surface area contributed by atoms with Crippen molar-refractivity contribution in [3.8, 4) is 0 Å². The first-order chi connectivity index (χ1) is 32.8. The lowest BCUT2D eigenvalue weighted by molar-refractivity contribution is 0.468. The van der Waals surface area contributed by atoms with E-state index in [2.05, 4.69) is 85.1 Å². The van der Waals surface area contributed by atoms with Crippen LogP contribution >= 0.6 is 0 Å². The zero-order valence-electron chi connectivity index (χ0n) is 43.8. The standard InChI is InChI=1S/C7H12.C7H10.C7H14.C6H10.C6H12.C6H10.2C6H8.C5H8.C5H10.C5H8/c2*1-2-7-4-3-6(1)5-7;1-2-4-6-7-5-3-1;1-2-5-4-6(5)3-1;4*1-2-4-6-5-3-1;1-2-5-3-4(1)5;2*1-2-4-5-3-1/h6-7H,1-5H2;1-2,6-7H,3-5H2;1-7H2;5-6H,1-4H2;1-6H2;1-2H,3-6H2;1-2,5-6H,3-4H2;1-4H,5-6H2;4-5H,1-3H2;1-5H2;1-2H,3-5H2. The molecule has 10 saturated carbocycles.